The van der Waals surface area contributed by atoms with Gasteiger partial charge < -0.3 is 4.74 Å². The third kappa shape index (κ3) is 3.30. The summed E-state index contributed by atoms with van der Waals surface area (Å²) in [5, 5.41) is 3.49. The fourth-order valence-corrected chi connectivity index (χ4v) is 3.66. The van der Waals surface area contributed by atoms with Crippen LogP contribution < -0.4 is 10.3 Å². The van der Waals surface area contributed by atoms with Gasteiger partial charge in [-0.25, -0.2) is 4.98 Å². The van der Waals surface area contributed by atoms with E-state index in [-0.39, 0.29) is 5.56 Å². The molecule has 0 saturated heterocycles. The lowest BCUT2D eigenvalue weighted by Crippen LogP contribution is -2.20. The van der Waals surface area contributed by atoms with Crippen LogP contribution >= 0.6 is 11.8 Å². The van der Waals surface area contributed by atoms with Crippen molar-refractivity contribution >= 4 is 33.4 Å². The van der Waals surface area contributed by atoms with E-state index in [0.717, 1.165) is 22.0 Å². The Kier molecular flexibility index (Phi) is 4.63. The Morgan fingerprint density at radius 1 is 1.00 bits per heavy atom. The summed E-state index contributed by atoms with van der Waals surface area (Å²) in [5.74, 6) is 1.56. The van der Waals surface area contributed by atoms with E-state index in [4.69, 9.17) is 9.72 Å². The van der Waals surface area contributed by atoms with Gasteiger partial charge in [0.25, 0.3) is 5.56 Å². The van der Waals surface area contributed by atoms with Crippen LogP contribution in [0.25, 0.3) is 21.7 Å². The number of benzene rings is 3. The maximum atomic E-state index is 12.7. The number of nitrogens with zero attached hydrogens (tertiary/aromatic N) is 2. The molecule has 0 spiro atoms. The smallest absolute Gasteiger partial charge is 0.261 e. The van der Waals surface area contributed by atoms with Gasteiger partial charge in [0.05, 0.1) is 17.5 Å². The highest BCUT2D eigenvalue weighted by Crippen LogP contribution is 2.22. The highest BCUT2D eigenvalue weighted by molar-refractivity contribution is 7.99. The van der Waals surface area contributed by atoms with Crippen molar-refractivity contribution in [3.05, 3.63) is 77.1 Å². The van der Waals surface area contributed by atoms with Gasteiger partial charge in [-0.2, -0.15) is 0 Å². The number of ether oxygens (including phenoxy) is 1. The minimum Gasteiger partial charge on any atom is -0.493 e. The van der Waals surface area contributed by atoms with E-state index >= 15 is 0 Å². The number of para-hydroxylation sites is 1. The van der Waals surface area contributed by atoms with Gasteiger partial charge in [-0.3, -0.25) is 9.36 Å². The maximum absolute atomic E-state index is 12.7. The van der Waals surface area contributed by atoms with Crippen molar-refractivity contribution in [2.45, 2.75) is 5.16 Å². The zero-order valence-corrected chi connectivity index (χ0v) is 15.2. The summed E-state index contributed by atoms with van der Waals surface area (Å²) in [6.07, 6.45) is 0. The van der Waals surface area contributed by atoms with Crippen molar-refractivity contribution < 1.29 is 4.74 Å². The third-order valence-electron chi connectivity index (χ3n) is 4.23. The molecule has 0 atom stereocenters. The number of hydrogen-bond acceptors (Lipinski definition) is 4. The van der Waals surface area contributed by atoms with Crippen molar-refractivity contribution in [2.24, 2.45) is 7.05 Å². The molecule has 0 unspecified atom stereocenters. The quantitative estimate of drug-likeness (QED) is 0.230. The zero-order chi connectivity index (χ0) is 17.9. The van der Waals surface area contributed by atoms with Gasteiger partial charge in [-0.15, -0.1) is 0 Å². The highest BCUT2D eigenvalue weighted by atomic mass is 32.2. The van der Waals surface area contributed by atoms with Gasteiger partial charge in [0.2, 0.25) is 0 Å². The Hall–Kier alpha value is -2.79. The van der Waals surface area contributed by atoms with Crippen LogP contribution in [0, 0.1) is 0 Å². The number of thioether (sulfide) groups is 1. The van der Waals surface area contributed by atoms with E-state index in [1.165, 1.54) is 11.8 Å². The first kappa shape index (κ1) is 16.7. The third-order valence-corrected chi connectivity index (χ3v) is 5.22. The summed E-state index contributed by atoms with van der Waals surface area (Å²) in [6.45, 7) is 0.556. The first-order valence-electron chi connectivity index (χ1n) is 8.42. The SMILES string of the molecule is Cn1c(SCCOc2ccccc2)nc2cc3ccccc3cc2c1=O. The molecular weight excluding hydrogens is 344 g/mol. The van der Waals surface area contributed by atoms with E-state index in [9.17, 15) is 4.79 Å². The van der Waals surface area contributed by atoms with Crippen LogP contribution in [-0.2, 0) is 7.05 Å². The standard InChI is InChI=1S/C21H18N2O2S/c1-23-20(24)18-13-15-7-5-6-8-16(15)14-19(18)22-21(23)26-12-11-25-17-9-3-2-4-10-17/h2-10,13-14H,11-12H2,1H3. The number of aromatic nitrogens is 2. The molecule has 4 rings (SSSR count). The fourth-order valence-electron chi connectivity index (χ4n) is 2.88. The van der Waals surface area contributed by atoms with E-state index in [0.29, 0.717) is 22.9 Å². The molecule has 0 saturated carbocycles. The molecule has 4 nitrogen and oxygen atoms in total. The van der Waals surface area contributed by atoms with E-state index < -0.39 is 0 Å². The van der Waals surface area contributed by atoms with Crippen LogP contribution in [0.4, 0.5) is 0 Å². The second kappa shape index (κ2) is 7.22. The molecule has 0 aliphatic rings. The summed E-state index contributed by atoms with van der Waals surface area (Å²) >= 11 is 1.53. The molecule has 0 aliphatic carbocycles. The molecule has 0 amide bonds. The van der Waals surface area contributed by atoms with Gasteiger partial charge in [0.1, 0.15) is 5.75 Å². The topological polar surface area (TPSA) is 44.1 Å². The van der Waals surface area contributed by atoms with Crippen molar-refractivity contribution in [2.75, 3.05) is 12.4 Å². The summed E-state index contributed by atoms with van der Waals surface area (Å²) in [5.41, 5.74) is 0.713. The molecule has 26 heavy (non-hydrogen) atoms. The Bertz CT molecular complexity index is 1120. The van der Waals surface area contributed by atoms with Gasteiger partial charge in [0.15, 0.2) is 5.16 Å². The normalized spacial score (nSPS) is 11.1. The Morgan fingerprint density at radius 2 is 1.69 bits per heavy atom. The molecule has 1 aromatic heterocycles. The van der Waals surface area contributed by atoms with Gasteiger partial charge in [-0.05, 0) is 35.0 Å². The second-order valence-corrected chi connectivity index (χ2v) is 7.05. The molecule has 1 heterocycles. The van der Waals surface area contributed by atoms with E-state index in [1.807, 2.05) is 66.7 Å². The lowest BCUT2D eigenvalue weighted by molar-refractivity contribution is 0.344. The van der Waals surface area contributed by atoms with Crippen LogP contribution in [0.2, 0.25) is 0 Å². The molecule has 0 fully saturated rings. The number of fused-ring (bicyclic) bond motifs is 2. The first-order valence-corrected chi connectivity index (χ1v) is 9.41. The molecule has 0 bridgehead atoms. The molecule has 0 radical (unpaired) electrons. The Morgan fingerprint density at radius 3 is 2.46 bits per heavy atom. The fraction of sp³-hybridized carbons (Fsp3) is 0.143. The molecule has 4 aromatic rings. The molecule has 3 aromatic carbocycles. The minimum absolute atomic E-state index is 0.0211. The molecular formula is C21H18N2O2S. The number of rotatable bonds is 5. The van der Waals surface area contributed by atoms with Gasteiger partial charge >= 0.3 is 0 Å². The van der Waals surface area contributed by atoms with Gasteiger partial charge in [-0.1, -0.05) is 54.2 Å². The lowest BCUT2D eigenvalue weighted by atomic mass is 10.1. The zero-order valence-electron chi connectivity index (χ0n) is 14.4. The number of hydrogen-bond donors (Lipinski definition) is 0. The summed E-state index contributed by atoms with van der Waals surface area (Å²) in [4.78, 5) is 17.4. The summed E-state index contributed by atoms with van der Waals surface area (Å²) < 4.78 is 7.32. The van der Waals surface area contributed by atoms with Crippen LogP contribution in [0.15, 0.2) is 76.7 Å². The monoisotopic (exact) mass is 362 g/mol. The maximum Gasteiger partial charge on any atom is 0.261 e. The largest absolute Gasteiger partial charge is 0.493 e. The van der Waals surface area contributed by atoms with Crippen molar-refractivity contribution in [3.8, 4) is 5.75 Å². The molecule has 5 heteroatoms. The Labute approximate surface area is 155 Å². The predicted molar refractivity (Wildman–Crippen MR) is 107 cm³/mol. The van der Waals surface area contributed by atoms with E-state index in [1.54, 1.807) is 11.6 Å². The lowest BCUT2D eigenvalue weighted by Gasteiger charge is -2.10. The van der Waals surface area contributed by atoms with Gasteiger partial charge in [0, 0.05) is 12.8 Å². The van der Waals surface area contributed by atoms with Crippen molar-refractivity contribution in [1.82, 2.24) is 9.55 Å². The van der Waals surface area contributed by atoms with Crippen LogP contribution in [0.3, 0.4) is 0 Å². The molecule has 0 aliphatic heterocycles. The highest BCUT2D eigenvalue weighted by Gasteiger charge is 2.10. The first-order chi connectivity index (χ1) is 12.7. The molecule has 0 N–H and O–H groups in total. The Balaban J connectivity index is 1.58. The van der Waals surface area contributed by atoms with Crippen molar-refractivity contribution in [3.63, 3.8) is 0 Å². The molecule has 130 valence electrons. The minimum atomic E-state index is -0.0211. The predicted octanol–water partition coefficient (Wildman–Crippen LogP) is 4.26. The average molecular weight is 362 g/mol. The summed E-state index contributed by atoms with van der Waals surface area (Å²) in [7, 11) is 1.77. The van der Waals surface area contributed by atoms with E-state index in [2.05, 4.69) is 0 Å². The van der Waals surface area contributed by atoms with Crippen molar-refractivity contribution in [1.29, 1.82) is 0 Å². The van der Waals surface area contributed by atoms with Crippen LogP contribution in [0.1, 0.15) is 0 Å². The van der Waals surface area contributed by atoms with Crippen LogP contribution in [0.5, 0.6) is 5.75 Å². The second-order valence-electron chi connectivity index (χ2n) is 5.99. The summed E-state index contributed by atoms with van der Waals surface area (Å²) in [6, 6.07) is 21.6. The average Bonchev–Trinajstić information content (AvgIpc) is 2.68. The van der Waals surface area contributed by atoms with Crippen LogP contribution in [-0.4, -0.2) is 21.9 Å².